The van der Waals surface area contributed by atoms with Gasteiger partial charge >= 0.3 is 0 Å². The van der Waals surface area contributed by atoms with Gasteiger partial charge in [-0.2, -0.15) is 0 Å². The zero-order valence-electron chi connectivity index (χ0n) is 13.3. The molecule has 2 aliphatic carbocycles. The molecule has 1 N–H and O–H groups in total. The average Bonchev–Trinajstić information content (AvgIpc) is 3.00. The quantitative estimate of drug-likeness (QED) is 0.812. The van der Waals surface area contributed by atoms with E-state index >= 15 is 0 Å². The molecule has 0 saturated heterocycles. The summed E-state index contributed by atoms with van der Waals surface area (Å²) in [4.78, 5) is 0. The maximum Gasteiger partial charge on any atom is 0.0351 e. The number of benzene rings is 1. The predicted octanol–water partition coefficient (Wildman–Crippen LogP) is 4.78. The molecule has 0 aliphatic heterocycles. The third kappa shape index (κ3) is 2.79. The standard InChI is InChI=1S/C19H29N/c1-4-7-20-19(17-9-13(2)8-14(3)10-17)18-12-15-5-6-16(18)11-15/h8-10,15-16,18-20H,4-7,11-12H2,1-3H3. The number of hydrogen-bond acceptors (Lipinski definition) is 1. The monoisotopic (exact) mass is 271 g/mol. The van der Waals surface area contributed by atoms with Crippen LogP contribution in [0.3, 0.4) is 0 Å². The van der Waals surface area contributed by atoms with E-state index in [1.165, 1.54) is 48.8 Å². The molecule has 2 fully saturated rings. The van der Waals surface area contributed by atoms with E-state index in [4.69, 9.17) is 0 Å². The van der Waals surface area contributed by atoms with Gasteiger partial charge in [0, 0.05) is 6.04 Å². The molecule has 2 bridgehead atoms. The summed E-state index contributed by atoms with van der Waals surface area (Å²) in [6.07, 6.45) is 7.15. The molecule has 0 spiro atoms. The van der Waals surface area contributed by atoms with Crippen LogP contribution in [0.4, 0.5) is 0 Å². The lowest BCUT2D eigenvalue weighted by atomic mass is 9.80. The van der Waals surface area contributed by atoms with Crippen molar-refractivity contribution in [2.45, 2.75) is 58.9 Å². The Balaban J connectivity index is 1.85. The molecule has 0 radical (unpaired) electrons. The van der Waals surface area contributed by atoms with Gasteiger partial charge in [-0.1, -0.05) is 42.7 Å². The molecule has 1 nitrogen and oxygen atoms in total. The molecule has 0 aromatic heterocycles. The number of hydrogen-bond donors (Lipinski definition) is 1. The third-order valence-electron chi connectivity index (χ3n) is 5.44. The highest BCUT2D eigenvalue weighted by Crippen LogP contribution is 2.52. The number of nitrogens with one attached hydrogen (secondary N) is 1. The van der Waals surface area contributed by atoms with Gasteiger partial charge in [-0.25, -0.2) is 0 Å². The van der Waals surface area contributed by atoms with Gasteiger partial charge in [0.05, 0.1) is 0 Å². The molecule has 2 aliphatic rings. The number of fused-ring (bicyclic) bond motifs is 2. The third-order valence-corrected chi connectivity index (χ3v) is 5.44. The molecule has 0 heterocycles. The smallest absolute Gasteiger partial charge is 0.0351 e. The lowest BCUT2D eigenvalue weighted by Crippen LogP contribution is -2.32. The first-order valence-electron chi connectivity index (χ1n) is 8.49. The molecule has 2 saturated carbocycles. The molecule has 0 amide bonds. The van der Waals surface area contributed by atoms with Crippen molar-refractivity contribution >= 4 is 0 Å². The summed E-state index contributed by atoms with van der Waals surface area (Å²) in [5.41, 5.74) is 4.35. The Morgan fingerprint density at radius 3 is 2.40 bits per heavy atom. The largest absolute Gasteiger partial charge is 0.310 e. The summed E-state index contributed by atoms with van der Waals surface area (Å²) in [6.45, 7) is 7.88. The Kier molecular flexibility index (Phi) is 4.16. The van der Waals surface area contributed by atoms with Crippen LogP contribution in [-0.2, 0) is 0 Å². The van der Waals surface area contributed by atoms with Gasteiger partial charge in [0.15, 0.2) is 0 Å². The van der Waals surface area contributed by atoms with Crippen molar-refractivity contribution in [3.05, 3.63) is 34.9 Å². The van der Waals surface area contributed by atoms with Gasteiger partial charge in [-0.05, 0) is 69.4 Å². The Morgan fingerprint density at radius 1 is 1.10 bits per heavy atom. The highest BCUT2D eigenvalue weighted by Gasteiger charge is 2.43. The molecule has 4 atom stereocenters. The maximum absolute atomic E-state index is 3.87. The minimum atomic E-state index is 0.587. The molecule has 110 valence electrons. The van der Waals surface area contributed by atoms with Gasteiger partial charge in [0.1, 0.15) is 0 Å². The fourth-order valence-corrected chi connectivity index (χ4v) is 4.71. The van der Waals surface area contributed by atoms with E-state index in [2.05, 4.69) is 44.3 Å². The van der Waals surface area contributed by atoms with Crippen LogP contribution >= 0.6 is 0 Å². The number of rotatable bonds is 5. The molecule has 1 aromatic rings. The molecular formula is C19H29N. The van der Waals surface area contributed by atoms with E-state index in [-0.39, 0.29) is 0 Å². The van der Waals surface area contributed by atoms with Crippen LogP contribution in [0, 0.1) is 31.6 Å². The van der Waals surface area contributed by atoms with Crippen molar-refractivity contribution < 1.29 is 0 Å². The van der Waals surface area contributed by atoms with Crippen LogP contribution in [0.1, 0.15) is 61.8 Å². The van der Waals surface area contributed by atoms with Crippen LogP contribution in [0.25, 0.3) is 0 Å². The van der Waals surface area contributed by atoms with Crippen LogP contribution < -0.4 is 5.32 Å². The zero-order valence-corrected chi connectivity index (χ0v) is 13.3. The summed E-state index contributed by atoms with van der Waals surface area (Å²) in [7, 11) is 0. The van der Waals surface area contributed by atoms with Crippen LogP contribution in [0.2, 0.25) is 0 Å². The van der Waals surface area contributed by atoms with Gasteiger partial charge in [0.2, 0.25) is 0 Å². The van der Waals surface area contributed by atoms with Crippen LogP contribution in [0.5, 0.6) is 0 Å². The van der Waals surface area contributed by atoms with Crippen molar-refractivity contribution in [2.75, 3.05) is 6.54 Å². The van der Waals surface area contributed by atoms with Gasteiger partial charge in [-0.15, -0.1) is 0 Å². The normalized spacial score (nSPS) is 29.9. The lowest BCUT2D eigenvalue weighted by Gasteiger charge is -2.32. The van der Waals surface area contributed by atoms with E-state index < -0.39 is 0 Å². The second-order valence-corrected chi connectivity index (χ2v) is 7.19. The van der Waals surface area contributed by atoms with E-state index in [1.54, 1.807) is 0 Å². The lowest BCUT2D eigenvalue weighted by molar-refractivity contribution is 0.251. The summed E-state index contributed by atoms with van der Waals surface area (Å²) >= 11 is 0. The zero-order chi connectivity index (χ0) is 14.1. The minimum absolute atomic E-state index is 0.587. The molecular weight excluding hydrogens is 242 g/mol. The Hall–Kier alpha value is -0.820. The Bertz CT molecular complexity index is 445. The van der Waals surface area contributed by atoms with E-state index in [1.807, 2.05) is 0 Å². The van der Waals surface area contributed by atoms with Gasteiger partial charge < -0.3 is 5.32 Å². The maximum atomic E-state index is 3.87. The fraction of sp³-hybridized carbons (Fsp3) is 0.684. The van der Waals surface area contributed by atoms with Crippen molar-refractivity contribution in [2.24, 2.45) is 17.8 Å². The van der Waals surface area contributed by atoms with Crippen molar-refractivity contribution in [3.8, 4) is 0 Å². The Morgan fingerprint density at radius 2 is 1.85 bits per heavy atom. The van der Waals surface area contributed by atoms with Crippen molar-refractivity contribution in [3.63, 3.8) is 0 Å². The van der Waals surface area contributed by atoms with E-state index in [9.17, 15) is 0 Å². The average molecular weight is 271 g/mol. The summed E-state index contributed by atoms with van der Waals surface area (Å²) in [5, 5.41) is 3.87. The molecule has 4 unspecified atom stereocenters. The van der Waals surface area contributed by atoms with E-state index in [0.29, 0.717) is 6.04 Å². The first kappa shape index (κ1) is 14.1. The SMILES string of the molecule is CCCNC(c1cc(C)cc(C)c1)C1CC2CCC1C2. The molecule has 1 aromatic carbocycles. The molecule has 20 heavy (non-hydrogen) atoms. The van der Waals surface area contributed by atoms with Gasteiger partial charge in [0.25, 0.3) is 0 Å². The first-order valence-corrected chi connectivity index (χ1v) is 8.49. The first-order chi connectivity index (χ1) is 9.67. The highest BCUT2D eigenvalue weighted by atomic mass is 14.9. The van der Waals surface area contributed by atoms with Crippen LogP contribution in [0.15, 0.2) is 18.2 Å². The number of aryl methyl sites for hydroxylation is 2. The van der Waals surface area contributed by atoms with Crippen molar-refractivity contribution in [1.29, 1.82) is 0 Å². The second kappa shape index (κ2) is 5.89. The summed E-state index contributed by atoms with van der Waals surface area (Å²) in [5.74, 6) is 2.89. The highest BCUT2D eigenvalue weighted by molar-refractivity contribution is 5.31. The van der Waals surface area contributed by atoms with Crippen LogP contribution in [-0.4, -0.2) is 6.54 Å². The molecule has 3 rings (SSSR count). The minimum Gasteiger partial charge on any atom is -0.310 e. The van der Waals surface area contributed by atoms with Gasteiger partial charge in [-0.3, -0.25) is 0 Å². The second-order valence-electron chi connectivity index (χ2n) is 7.19. The predicted molar refractivity (Wildman–Crippen MR) is 85.9 cm³/mol. The van der Waals surface area contributed by atoms with Crippen molar-refractivity contribution in [1.82, 2.24) is 5.32 Å². The fourth-order valence-electron chi connectivity index (χ4n) is 4.71. The summed E-state index contributed by atoms with van der Waals surface area (Å²) in [6, 6.07) is 7.70. The molecule has 1 heteroatoms. The Labute approximate surface area is 124 Å². The van der Waals surface area contributed by atoms with E-state index in [0.717, 1.165) is 24.3 Å². The summed E-state index contributed by atoms with van der Waals surface area (Å²) < 4.78 is 0. The topological polar surface area (TPSA) is 12.0 Å².